The van der Waals surface area contributed by atoms with Gasteiger partial charge >= 0.3 is 6.09 Å². The molecular weight excluding hydrogens is 354 g/mol. The SMILES string of the molecule is CCCCc1ccc(CCC2(NC(=O)OC(C)(C)C)COC(C)(C)OC2)cc1. The predicted molar refractivity (Wildman–Crippen MR) is 111 cm³/mol. The van der Waals surface area contributed by atoms with E-state index in [1.54, 1.807) is 0 Å². The third-order valence-electron chi connectivity index (χ3n) is 4.89. The first-order valence-electron chi connectivity index (χ1n) is 10.4. The highest BCUT2D eigenvalue weighted by Crippen LogP contribution is 2.28. The lowest BCUT2D eigenvalue weighted by molar-refractivity contribution is -0.271. The summed E-state index contributed by atoms with van der Waals surface area (Å²) in [6, 6.07) is 8.77. The number of amides is 1. The van der Waals surface area contributed by atoms with Gasteiger partial charge in [-0.15, -0.1) is 0 Å². The lowest BCUT2D eigenvalue weighted by Gasteiger charge is -2.44. The normalized spacial score (nSPS) is 18.5. The number of ether oxygens (including phenoxy) is 3. The summed E-state index contributed by atoms with van der Waals surface area (Å²) in [5.74, 6) is -0.639. The molecule has 0 bridgehead atoms. The van der Waals surface area contributed by atoms with Crippen LogP contribution in [-0.2, 0) is 27.1 Å². The van der Waals surface area contributed by atoms with Gasteiger partial charge in [-0.2, -0.15) is 0 Å². The second kappa shape index (κ2) is 9.27. The Bertz CT molecular complexity index is 621. The van der Waals surface area contributed by atoms with Crippen molar-refractivity contribution in [1.82, 2.24) is 5.32 Å². The number of aryl methyl sites for hydroxylation is 2. The number of nitrogens with one attached hydrogen (secondary N) is 1. The van der Waals surface area contributed by atoms with Crippen molar-refractivity contribution >= 4 is 6.09 Å². The molecule has 28 heavy (non-hydrogen) atoms. The molecule has 1 fully saturated rings. The fourth-order valence-electron chi connectivity index (χ4n) is 3.14. The van der Waals surface area contributed by atoms with Crippen LogP contribution in [0.1, 0.15) is 71.9 Å². The Morgan fingerprint density at radius 1 is 1.07 bits per heavy atom. The lowest BCUT2D eigenvalue weighted by atomic mass is 9.91. The smallest absolute Gasteiger partial charge is 0.408 e. The van der Waals surface area contributed by atoms with Crippen LogP contribution in [0, 0.1) is 0 Å². The average molecular weight is 392 g/mol. The van der Waals surface area contributed by atoms with Crippen LogP contribution in [-0.4, -0.2) is 36.2 Å². The molecule has 1 saturated heterocycles. The first-order valence-corrected chi connectivity index (χ1v) is 10.4. The van der Waals surface area contributed by atoms with Gasteiger partial charge in [0, 0.05) is 0 Å². The van der Waals surface area contributed by atoms with Crippen molar-refractivity contribution in [2.75, 3.05) is 13.2 Å². The molecule has 2 rings (SSSR count). The van der Waals surface area contributed by atoms with E-state index in [-0.39, 0.29) is 0 Å². The van der Waals surface area contributed by atoms with E-state index in [2.05, 4.69) is 36.5 Å². The van der Waals surface area contributed by atoms with Crippen molar-refractivity contribution in [3.63, 3.8) is 0 Å². The number of hydrogen-bond donors (Lipinski definition) is 1. The average Bonchev–Trinajstić information content (AvgIpc) is 2.60. The van der Waals surface area contributed by atoms with E-state index in [4.69, 9.17) is 14.2 Å². The maximum Gasteiger partial charge on any atom is 0.408 e. The summed E-state index contributed by atoms with van der Waals surface area (Å²) in [5, 5.41) is 3.03. The van der Waals surface area contributed by atoms with Gasteiger partial charge in [-0.25, -0.2) is 4.79 Å². The topological polar surface area (TPSA) is 56.8 Å². The van der Waals surface area contributed by atoms with Gasteiger partial charge in [0.15, 0.2) is 5.79 Å². The molecule has 0 aliphatic carbocycles. The van der Waals surface area contributed by atoms with E-state index in [0.717, 1.165) is 19.3 Å². The number of unbranched alkanes of at least 4 members (excludes halogenated alkanes) is 1. The molecule has 1 heterocycles. The van der Waals surface area contributed by atoms with Crippen molar-refractivity contribution in [3.05, 3.63) is 35.4 Å². The van der Waals surface area contributed by atoms with Crippen molar-refractivity contribution in [1.29, 1.82) is 0 Å². The summed E-state index contributed by atoms with van der Waals surface area (Å²) in [6.45, 7) is 12.4. The van der Waals surface area contributed by atoms with E-state index >= 15 is 0 Å². The van der Waals surface area contributed by atoms with E-state index < -0.39 is 23.0 Å². The molecule has 5 nitrogen and oxygen atoms in total. The van der Waals surface area contributed by atoms with E-state index in [9.17, 15) is 4.79 Å². The molecule has 158 valence electrons. The fourth-order valence-corrected chi connectivity index (χ4v) is 3.14. The molecule has 1 aromatic rings. The zero-order chi connectivity index (χ0) is 20.8. The van der Waals surface area contributed by atoms with Crippen LogP contribution in [0.2, 0.25) is 0 Å². The molecule has 0 saturated carbocycles. The molecule has 5 heteroatoms. The monoisotopic (exact) mass is 391 g/mol. The summed E-state index contributed by atoms with van der Waals surface area (Å²) in [5.41, 5.74) is 1.47. The minimum Gasteiger partial charge on any atom is -0.444 e. The van der Waals surface area contributed by atoms with Gasteiger partial charge in [-0.3, -0.25) is 0 Å². The van der Waals surface area contributed by atoms with Crippen LogP contribution in [0.5, 0.6) is 0 Å². The Morgan fingerprint density at radius 3 is 2.11 bits per heavy atom. The molecular formula is C23H37NO4. The number of carbonyl (C=O) groups is 1. The Hall–Kier alpha value is -1.59. The molecule has 1 amide bonds. The molecule has 0 spiro atoms. The van der Waals surface area contributed by atoms with Gasteiger partial charge in [0.05, 0.1) is 18.8 Å². The van der Waals surface area contributed by atoms with Crippen LogP contribution in [0.4, 0.5) is 4.79 Å². The predicted octanol–water partition coefficient (Wildman–Crippen LogP) is 5.01. The zero-order valence-electron chi connectivity index (χ0n) is 18.4. The van der Waals surface area contributed by atoms with Crippen LogP contribution in [0.3, 0.4) is 0 Å². The Morgan fingerprint density at radius 2 is 1.61 bits per heavy atom. The molecule has 1 N–H and O–H groups in total. The Labute approximate surface area is 170 Å². The Balaban J connectivity index is 2.02. The van der Waals surface area contributed by atoms with Crippen LogP contribution in [0.15, 0.2) is 24.3 Å². The standard InChI is InChI=1S/C23H37NO4/c1-7-8-9-18-10-12-19(13-11-18)14-15-23(16-26-22(5,6)27-17-23)24-20(25)28-21(2,3)4/h10-13H,7-9,14-17H2,1-6H3,(H,24,25). The molecule has 0 atom stereocenters. The van der Waals surface area contributed by atoms with E-state index in [1.165, 1.54) is 24.0 Å². The molecule has 1 aromatic carbocycles. The number of carbonyl (C=O) groups excluding carboxylic acids is 1. The van der Waals surface area contributed by atoms with Crippen LogP contribution >= 0.6 is 0 Å². The second-order valence-electron chi connectivity index (χ2n) is 9.30. The quantitative estimate of drug-likeness (QED) is 0.710. The van der Waals surface area contributed by atoms with Gasteiger partial charge in [-0.05, 0) is 71.4 Å². The fraction of sp³-hybridized carbons (Fsp3) is 0.696. The van der Waals surface area contributed by atoms with Crippen LogP contribution in [0.25, 0.3) is 0 Å². The van der Waals surface area contributed by atoms with Gasteiger partial charge in [0.25, 0.3) is 0 Å². The third-order valence-corrected chi connectivity index (χ3v) is 4.89. The van der Waals surface area contributed by atoms with E-state index in [1.807, 2.05) is 34.6 Å². The maximum atomic E-state index is 12.4. The summed E-state index contributed by atoms with van der Waals surface area (Å²) < 4.78 is 17.2. The summed E-state index contributed by atoms with van der Waals surface area (Å²) in [7, 11) is 0. The minimum absolute atomic E-state index is 0.397. The summed E-state index contributed by atoms with van der Waals surface area (Å²) in [6.07, 6.45) is 4.66. The van der Waals surface area contributed by atoms with Gasteiger partial charge in [0.2, 0.25) is 0 Å². The van der Waals surface area contributed by atoms with Crippen LogP contribution < -0.4 is 5.32 Å². The second-order valence-corrected chi connectivity index (χ2v) is 9.30. The minimum atomic E-state index is -0.639. The number of hydrogen-bond acceptors (Lipinski definition) is 4. The first-order chi connectivity index (χ1) is 13.0. The lowest BCUT2D eigenvalue weighted by Crippen LogP contribution is -2.61. The number of alkyl carbamates (subject to hydrolysis) is 1. The zero-order valence-corrected chi connectivity index (χ0v) is 18.4. The number of rotatable bonds is 7. The molecule has 1 aliphatic rings. The van der Waals surface area contributed by atoms with Gasteiger partial charge in [-0.1, -0.05) is 37.6 Å². The van der Waals surface area contributed by atoms with Gasteiger partial charge < -0.3 is 19.5 Å². The molecule has 0 unspecified atom stereocenters. The van der Waals surface area contributed by atoms with Crippen molar-refractivity contribution in [2.24, 2.45) is 0 Å². The first kappa shape index (κ1) is 22.7. The van der Waals surface area contributed by atoms with E-state index in [0.29, 0.717) is 13.2 Å². The molecule has 0 radical (unpaired) electrons. The van der Waals surface area contributed by atoms with Crippen molar-refractivity contribution in [2.45, 2.75) is 90.6 Å². The Kier molecular flexibility index (Phi) is 7.52. The summed E-state index contributed by atoms with van der Waals surface area (Å²) in [4.78, 5) is 12.4. The van der Waals surface area contributed by atoms with Crippen molar-refractivity contribution < 1.29 is 19.0 Å². The summed E-state index contributed by atoms with van der Waals surface area (Å²) >= 11 is 0. The number of benzene rings is 1. The molecule has 0 aromatic heterocycles. The van der Waals surface area contributed by atoms with Gasteiger partial charge in [0.1, 0.15) is 5.60 Å². The molecule has 1 aliphatic heterocycles. The maximum absolute atomic E-state index is 12.4. The highest BCUT2D eigenvalue weighted by atomic mass is 16.7. The third kappa shape index (κ3) is 7.44. The highest BCUT2D eigenvalue weighted by Gasteiger charge is 2.41. The highest BCUT2D eigenvalue weighted by molar-refractivity contribution is 5.69. The van der Waals surface area contributed by atoms with Crippen molar-refractivity contribution in [3.8, 4) is 0 Å². The largest absolute Gasteiger partial charge is 0.444 e.